The van der Waals surface area contributed by atoms with E-state index >= 15 is 0 Å². The minimum Gasteiger partial charge on any atom is -0.353 e. The largest absolute Gasteiger partial charge is 0.353 e. The van der Waals surface area contributed by atoms with E-state index in [1.807, 2.05) is 32.0 Å². The van der Waals surface area contributed by atoms with Crippen LogP contribution in [0.2, 0.25) is 0 Å². The molecule has 0 bridgehead atoms. The van der Waals surface area contributed by atoms with Crippen molar-refractivity contribution in [3.63, 3.8) is 0 Å². The lowest BCUT2D eigenvalue weighted by Gasteiger charge is -2.41. The van der Waals surface area contributed by atoms with E-state index in [0.29, 0.717) is 26.2 Å². The molecule has 7 nitrogen and oxygen atoms in total. The summed E-state index contributed by atoms with van der Waals surface area (Å²) < 4.78 is 26.2. The van der Waals surface area contributed by atoms with Crippen molar-refractivity contribution in [1.29, 1.82) is 0 Å². The average molecular weight is 405 g/mol. The van der Waals surface area contributed by atoms with Crippen LogP contribution in [0.15, 0.2) is 41.7 Å². The molecule has 1 aliphatic rings. The Labute approximate surface area is 166 Å². The van der Waals surface area contributed by atoms with Crippen molar-refractivity contribution in [2.75, 3.05) is 19.3 Å². The monoisotopic (exact) mass is 404 g/mol. The van der Waals surface area contributed by atoms with Gasteiger partial charge < -0.3 is 9.88 Å². The summed E-state index contributed by atoms with van der Waals surface area (Å²) >= 11 is 0. The lowest BCUT2D eigenvalue weighted by Crippen LogP contribution is -2.61. The lowest BCUT2D eigenvalue weighted by molar-refractivity contribution is -0.135. The summed E-state index contributed by atoms with van der Waals surface area (Å²) in [6.07, 6.45) is 4.48. The third-order valence-electron chi connectivity index (χ3n) is 5.29. The topological polar surface area (TPSA) is 84.3 Å². The molecule has 0 atom stereocenters. The van der Waals surface area contributed by atoms with Gasteiger partial charge in [0.15, 0.2) is 0 Å². The zero-order chi connectivity index (χ0) is 20.4. The highest BCUT2D eigenvalue weighted by Gasteiger charge is 2.38. The van der Waals surface area contributed by atoms with Crippen LogP contribution in [-0.2, 0) is 34.1 Å². The van der Waals surface area contributed by atoms with E-state index in [9.17, 15) is 13.2 Å². The number of imidazole rings is 1. The molecule has 0 radical (unpaired) electrons. The van der Waals surface area contributed by atoms with Gasteiger partial charge in [0, 0.05) is 32.4 Å². The summed E-state index contributed by atoms with van der Waals surface area (Å²) in [5, 5.41) is 2.98. The van der Waals surface area contributed by atoms with Gasteiger partial charge in [0.05, 0.1) is 17.4 Å². The van der Waals surface area contributed by atoms with Gasteiger partial charge in [0.25, 0.3) is 0 Å². The molecule has 2 heterocycles. The van der Waals surface area contributed by atoms with Crippen molar-refractivity contribution < 1.29 is 13.2 Å². The number of aromatic nitrogens is 2. The summed E-state index contributed by atoms with van der Waals surface area (Å²) in [5.74, 6) is -0.0165. The average Bonchev–Trinajstić information content (AvgIpc) is 3.03. The first-order valence-corrected chi connectivity index (χ1v) is 11.4. The van der Waals surface area contributed by atoms with Crippen LogP contribution in [0.25, 0.3) is 0 Å². The zero-order valence-electron chi connectivity index (χ0n) is 16.7. The minimum atomic E-state index is -3.43. The van der Waals surface area contributed by atoms with E-state index in [0.717, 1.165) is 18.5 Å². The first-order valence-electron chi connectivity index (χ1n) is 9.51. The zero-order valence-corrected chi connectivity index (χ0v) is 17.5. The summed E-state index contributed by atoms with van der Waals surface area (Å²) in [7, 11) is -3.43. The summed E-state index contributed by atoms with van der Waals surface area (Å²) in [5.41, 5.74) is 1.39. The Hall–Kier alpha value is -2.19. The number of carbonyl (C=O) groups excluding carboxylic acids is 1. The van der Waals surface area contributed by atoms with Gasteiger partial charge in [-0.2, -0.15) is 0 Å². The number of sulfone groups is 1. The Kier molecular flexibility index (Phi) is 5.90. The van der Waals surface area contributed by atoms with Gasteiger partial charge in [0.2, 0.25) is 20.9 Å². The fraction of sp³-hybridized carbons (Fsp3) is 0.500. The molecule has 1 N–H and O–H groups in total. The van der Waals surface area contributed by atoms with Crippen LogP contribution in [0.4, 0.5) is 0 Å². The van der Waals surface area contributed by atoms with Crippen LogP contribution >= 0.6 is 0 Å². The first-order chi connectivity index (χ1) is 13.2. The Morgan fingerprint density at radius 3 is 2.61 bits per heavy atom. The number of amides is 1. The SMILES string of the molecule is CC1(C)C(=O)NCCN1Cc1cnc(S(C)(=O)=O)n1CCCc1ccccc1. The molecule has 0 saturated carbocycles. The molecule has 3 rings (SSSR count). The predicted molar refractivity (Wildman–Crippen MR) is 108 cm³/mol. The van der Waals surface area contributed by atoms with Crippen LogP contribution < -0.4 is 5.32 Å². The molecule has 2 aromatic rings. The van der Waals surface area contributed by atoms with Gasteiger partial charge in [-0.15, -0.1) is 0 Å². The van der Waals surface area contributed by atoms with Crippen LogP contribution in [0.3, 0.4) is 0 Å². The standard InChI is InChI=1S/C20H28N4O3S/c1-20(2)18(25)21-11-13-23(20)15-17-14-22-19(28(3,26)27)24(17)12-7-10-16-8-5-4-6-9-16/h4-6,8-9,14H,7,10-13,15H2,1-3H3,(H,21,25). The molecule has 0 aliphatic carbocycles. The Bertz CT molecular complexity index is 936. The molecule has 28 heavy (non-hydrogen) atoms. The van der Waals surface area contributed by atoms with Crippen molar-refractivity contribution in [2.24, 2.45) is 0 Å². The molecular formula is C20H28N4O3S. The molecule has 1 fully saturated rings. The molecular weight excluding hydrogens is 376 g/mol. The second kappa shape index (κ2) is 8.05. The second-order valence-corrected chi connectivity index (χ2v) is 9.69. The van der Waals surface area contributed by atoms with E-state index < -0.39 is 15.4 Å². The highest BCUT2D eigenvalue weighted by atomic mass is 32.2. The van der Waals surface area contributed by atoms with Gasteiger partial charge in [-0.1, -0.05) is 30.3 Å². The highest BCUT2D eigenvalue weighted by molar-refractivity contribution is 7.90. The summed E-state index contributed by atoms with van der Waals surface area (Å²) in [4.78, 5) is 18.5. The maximum Gasteiger partial charge on any atom is 0.240 e. The van der Waals surface area contributed by atoms with Crippen LogP contribution in [0.1, 0.15) is 31.5 Å². The molecule has 1 aliphatic heterocycles. The molecule has 1 saturated heterocycles. The number of piperazine rings is 1. The molecule has 1 aromatic carbocycles. The fourth-order valence-corrected chi connectivity index (χ4v) is 4.41. The molecule has 1 amide bonds. The molecule has 1 aromatic heterocycles. The van der Waals surface area contributed by atoms with E-state index in [1.54, 1.807) is 10.8 Å². The Balaban J connectivity index is 1.81. The smallest absolute Gasteiger partial charge is 0.240 e. The third kappa shape index (κ3) is 4.44. The van der Waals surface area contributed by atoms with E-state index in [2.05, 4.69) is 27.3 Å². The fourth-order valence-electron chi connectivity index (χ4n) is 3.56. The summed E-state index contributed by atoms with van der Waals surface area (Å²) in [6, 6.07) is 10.1. The number of aryl methyl sites for hydroxylation is 1. The Morgan fingerprint density at radius 2 is 1.93 bits per heavy atom. The van der Waals surface area contributed by atoms with Gasteiger partial charge in [-0.25, -0.2) is 13.4 Å². The van der Waals surface area contributed by atoms with Crippen LogP contribution in [0.5, 0.6) is 0 Å². The second-order valence-electron chi connectivity index (χ2n) is 7.78. The van der Waals surface area contributed by atoms with Crippen molar-refractivity contribution in [3.05, 3.63) is 47.8 Å². The van der Waals surface area contributed by atoms with E-state index in [4.69, 9.17) is 0 Å². The number of hydrogen-bond donors (Lipinski definition) is 1. The predicted octanol–water partition coefficient (Wildman–Crippen LogP) is 1.63. The van der Waals surface area contributed by atoms with Gasteiger partial charge in [0.1, 0.15) is 0 Å². The number of benzene rings is 1. The number of carbonyl (C=O) groups is 1. The minimum absolute atomic E-state index is 0.0165. The van der Waals surface area contributed by atoms with Gasteiger partial charge in [-0.05, 0) is 32.3 Å². The third-order valence-corrected chi connectivity index (χ3v) is 6.28. The number of nitrogens with one attached hydrogen (secondary N) is 1. The molecule has 0 unspecified atom stereocenters. The molecule has 8 heteroatoms. The van der Waals surface area contributed by atoms with Gasteiger partial charge in [-0.3, -0.25) is 9.69 Å². The van der Waals surface area contributed by atoms with E-state index in [1.165, 1.54) is 11.8 Å². The lowest BCUT2D eigenvalue weighted by atomic mass is 9.99. The maximum absolute atomic E-state index is 12.2. The first kappa shape index (κ1) is 20.5. The Morgan fingerprint density at radius 1 is 1.21 bits per heavy atom. The van der Waals surface area contributed by atoms with Crippen molar-refractivity contribution >= 4 is 15.7 Å². The summed E-state index contributed by atoms with van der Waals surface area (Å²) in [6.45, 7) is 6.11. The molecule has 152 valence electrons. The quantitative estimate of drug-likeness (QED) is 0.758. The number of hydrogen-bond acceptors (Lipinski definition) is 5. The van der Waals surface area contributed by atoms with Crippen molar-refractivity contribution in [3.8, 4) is 0 Å². The normalized spacial score (nSPS) is 17.5. The number of rotatable bonds is 7. The maximum atomic E-state index is 12.2. The highest BCUT2D eigenvalue weighted by Crippen LogP contribution is 2.22. The van der Waals surface area contributed by atoms with Crippen LogP contribution in [-0.4, -0.2) is 53.7 Å². The molecule has 0 spiro atoms. The van der Waals surface area contributed by atoms with Crippen molar-refractivity contribution in [1.82, 2.24) is 19.8 Å². The van der Waals surface area contributed by atoms with E-state index in [-0.39, 0.29) is 11.1 Å². The van der Waals surface area contributed by atoms with Crippen molar-refractivity contribution in [2.45, 2.75) is 50.5 Å². The van der Waals surface area contributed by atoms with Gasteiger partial charge >= 0.3 is 0 Å². The van der Waals surface area contributed by atoms with Crippen LogP contribution in [0, 0.1) is 0 Å². The number of nitrogens with zero attached hydrogens (tertiary/aromatic N) is 3.